The molecule has 0 unspecified atom stereocenters. The topological polar surface area (TPSA) is 95.9 Å². The minimum atomic E-state index is 0.369. The summed E-state index contributed by atoms with van der Waals surface area (Å²) in [6, 6.07) is 0.610. The zero-order chi connectivity index (χ0) is 35.7. The molecule has 0 saturated carbocycles. The van der Waals surface area contributed by atoms with Gasteiger partial charge in [0.25, 0.3) is 0 Å². The summed E-state index contributed by atoms with van der Waals surface area (Å²) in [4.78, 5) is 30.6. The number of hydrogen-bond acceptors (Lipinski definition) is 9. The van der Waals surface area contributed by atoms with Crippen molar-refractivity contribution < 1.29 is 0 Å². The zero-order valence-electron chi connectivity index (χ0n) is 31.5. The van der Waals surface area contributed by atoms with E-state index in [2.05, 4.69) is 72.7 Å². The van der Waals surface area contributed by atoms with Crippen molar-refractivity contribution in [2.75, 3.05) is 26.2 Å². The maximum Gasteiger partial charge on any atom is 0.222 e. The molecule has 0 radical (unpaired) electrons. The summed E-state index contributed by atoms with van der Waals surface area (Å²) in [5.41, 5.74) is 10.5. The number of halogens is 2. The molecular weight excluding hydrogens is 629 g/mol. The Labute approximate surface area is 295 Å². The first-order valence-electron chi connectivity index (χ1n) is 17.6. The molecule has 6 rings (SSSR count). The number of rotatable bonds is 2. The van der Waals surface area contributed by atoms with E-state index in [0.29, 0.717) is 16.6 Å². The van der Waals surface area contributed by atoms with Gasteiger partial charge in [0.2, 0.25) is 10.6 Å². The van der Waals surface area contributed by atoms with Crippen LogP contribution in [-0.2, 0) is 38.9 Å². The molecule has 3 aliphatic heterocycles. The number of aryl methyl sites for hydroxylation is 4. The van der Waals surface area contributed by atoms with Gasteiger partial charge in [0, 0.05) is 98.3 Å². The molecule has 0 amide bonds. The van der Waals surface area contributed by atoms with E-state index < -0.39 is 0 Å². The first-order valence-corrected chi connectivity index (χ1v) is 18.3. The average molecular weight is 691 g/mol. The van der Waals surface area contributed by atoms with E-state index in [9.17, 15) is 0 Å². The lowest BCUT2D eigenvalue weighted by Gasteiger charge is -2.31. The van der Waals surface area contributed by atoms with Crippen LogP contribution in [0.4, 0.5) is 0 Å². The molecular formula is C36H61Cl2N9. The minimum Gasteiger partial charge on any atom is -0.312 e. The fourth-order valence-electron chi connectivity index (χ4n) is 5.53. The van der Waals surface area contributed by atoms with Gasteiger partial charge in [0.15, 0.2) is 0 Å². The predicted molar refractivity (Wildman–Crippen MR) is 198 cm³/mol. The third kappa shape index (κ3) is 12.9. The van der Waals surface area contributed by atoms with Crippen LogP contribution >= 0.6 is 23.2 Å². The molecule has 1 N–H and O–H groups in total. The smallest absolute Gasteiger partial charge is 0.222 e. The SMILES string of the molecule is CC.CC.CC.CCN1CCc2nc(Cl)nc(C)c2C1.Cc1nc(C)c2c(n1)CCN(C(C)C)C2.Cc1nc(Cl)nc2c1CNCC2. The van der Waals surface area contributed by atoms with Gasteiger partial charge >= 0.3 is 0 Å². The Bertz CT molecular complexity index is 1370. The number of aromatic nitrogens is 6. The van der Waals surface area contributed by atoms with Crippen LogP contribution in [0.25, 0.3) is 0 Å². The molecule has 0 atom stereocenters. The van der Waals surface area contributed by atoms with Gasteiger partial charge in [-0.25, -0.2) is 29.9 Å². The largest absolute Gasteiger partial charge is 0.312 e. The second kappa shape index (κ2) is 22.4. The van der Waals surface area contributed by atoms with Gasteiger partial charge in [-0.3, -0.25) is 9.80 Å². The number of fused-ring (bicyclic) bond motifs is 3. The Morgan fingerprint density at radius 2 is 1.13 bits per heavy atom. The standard InChI is InChI=1S/C12H19N3.C10H14ClN3.C8H10ClN3.3C2H6/c1-8(2)15-6-5-12-11(7-15)9(3)13-10(4)14-12;1-3-14-5-4-9-8(6-14)7(2)12-10(11)13-9;1-5-6-4-10-3-2-7(6)12-8(9)11-5;3*1-2/h8H,5-7H2,1-4H3;3-6H2,1-2H3;10H,2-4H2,1H3;3*1-2H3. The normalized spacial score (nSPS) is 14.8. The van der Waals surface area contributed by atoms with E-state index >= 15 is 0 Å². The third-order valence-corrected chi connectivity index (χ3v) is 8.36. The average Bonchev–Trinajstić information content (AvgIpc) is 3.07. The summed E-state index contributed by atoms with van der Waals surface area (Å²) in [7, 11) is 0. The van der Waals surface area contributed by atoms with Crippen molar-refractivity contribution >= 4 is 23.2 Å². The highest BCUT2D eigenvalue weighted by Crippen LogP contribution is 2.22. The maximum atomic E-state index is 5.82. The molecule has 11 heteroatoms. The summed E-state index contributed by atoms with van der Waals surface area (Å²) < 4.78 is 0. The molecule has 9 nitrogen and oxygen atoms in total. The van der Waals surface area contributed by atoms with Crippen molar-refractivity contribution in [3.05, 3.63) is 67.2 Å². The van der Waals surface area contributed by atoms with Crippen LogP contribution in [0, 0.1) is 27.7 Å². The quantitative estimate of drug-likeness (QED) is 0.270. The van der Waals surface area contributed by atoms with Crippen LogP contribution in [0.5, 0.6) is 0 Å². The fourth-order valence-corrected chi connectivity index (χ4v) is 5.99. The molecule has 3 aliphatic rings. The van der Waals surface area contributed by atoms with Gasteiger partial charge in [-0.15, -0.1) is 0 Å². The van der Waals surface area contributed by atoms with Gasteiger partial charge in [-0.1, -0.05) is 48.5 Å². The van der Waals surface area contributed by atoms with Crippen molar-refractivity contribution in [3.63, 3.8) is 0 Å². The molecule has 47 heavy (non-hydrogen) atoms. The molecule has 0 aromatic carbocycles. The number of likely N-dealkylation sites (N-methyl/N-ethyl adjacent to an activating group) is 1. The Kier molecular flexibility index (Phi) is 20.3. The van der Waals surface area contributed by atoms with E-state index in [-0.39, 0.29) is 0 Å². The molecule has 0 saturated heterocycles. The Morgan fingerprint density at radius 1 is 0.638 bits per heavy atom. The molecule has 3 aromatic heterocycles. The molecule has 0 bridgehead atoms. The third-order valence-electron chi connectivity index (χ3n) is 8.02. The van der Waals surface area contributed by atoms with Crippen LogP contribution in [0.15, 0.2) is 0 Å². The van der Waals surface area contributed by atoms with Crippen LogP contribution in [-0.4, -0.2) is 71.9 Å². The van der Waals surface area contributed by atoms with Gasteiger partial charge in [-0.05, 0) is 71.3 Å². The van der Waals surface area contributed by atoms with Gasteiger partial charge in [0.1, 0.15) is 5.82 Å². The lowest BCUT2D eigenvalue weighted by Crippen LogP contribution is -2.37. The molecule has 264 valence electrons. The molecule has 3 aromatic rings. The Morgan fingerprint density at radius 3 is 1.70 bits per heavy atom. The number of hydrogen-bond donors (Lipinski definition) is 1. The summed E-state index contributed by atoms with van der Waals surface area (Å²) >= 11 is 11.6. The van der Waals surface area contributed by atoms with E-state index in [1.165, 1.54) is 22.4 Å². The lowest BCUT2D eigenvalue weighted by atomic mass is 10.0. The minimum absolute atomic E-state index is 0.369. The zero-order valence-corrected chi connectivity index (χ0v) is 33.0. The first-order chi connectivity index (χ1) is 22.5. The Hall–Kier alpha value is -2.30. The summed E-state index contributed by atoms with van der Waals surface area (Å²) in [5.74, 6) is 0.907. The fraction of sp³-hybridized carbons (Fsp3) is 0.667. The van der Waals surface area contributed by atoms with Crippen molar-refractivity contribution in [2.24, 2.45) is 0 Å². The van der Waals surface area contributed by atoms with Crippen molar-refractivity contribution in [1.82, 2.24) is 45.0 Å². The van der Waals surface area contributed by atoms with E-state index in [1.54, 1.807) is 0 Å². The molecule has 0 aliphatic carbocycles. The van der Waals surface area contributed by atoms with Gasteiger partial charge in [-0.2, -0.15) is 0 Å². The first kappa shape index (κ1) is 42.7. The van der Waals surface area contributed by atoms with Gasteiger partial charge in [0.05, 0.1) is 17.1 Å². The monoisotopic (exact) mass is 689 g/mol. The number of nitrogens with one attached hydrogen (secondary N) is 1. The van der Waals surface area contributed by atoms with Crippen LogP contribution in [0.2, 0.25) is 10.6 Å². The molecule has 0 spiro atoms. The molecule has 6 heterocycles. The highest BCUT2D eigenvalue weighted by atomic mass is 35.5. The Balaban J connectivity index is 0.000000327. The van der Waals surface area contributed by atoms with E-state index in [0.717, 1.165) is 99.4 Å². The van der Waals surface area contributed by atoms with Crippen molar-refractivity contribution in [3.8, 4) is 0 Å². The van der Waals surface area contributed by atoms with Crippen molar-refractivity contribution in [1.29, 1.82) is 0 Å². The summed E-state index contributed by atoms with van der Waals surface area (Å²) in [6.07, 6.45) is 3.02. The highest BCUT2D eigenvalue weighted by molar-refractivity contribution is 6.28. The second-order valence-electron chi connectivity index (χ2n) is 11.1. The van der Waals surface area contributed by atoms with E-state index in [4.69, 9.17) is 23.2 Å². The van der Waals surface area contributed by atoms with Crippen molar-refractivity contribution in [2.45, 2.75) is 135 Å². The van der Waals surface area contributed by atoms with Crippen LogP contribution < -0.4 is 5.32 Å². The van der Waals surface area contributed by atoms with Crippen LogP contribution in [0.3, 0.4) is 0 Å². The predicted octanol–water partition coefficient (Wildman–Crippen LogP) is 7.84. The second-order valence-corrected chi connectivity index (χ2v) is 11.8. The summed E-state index contributed by atoms with van der Waals surface area (Å²) in [5, 5.41) is 4.03. The summed E-state index contributed by atoms with van der Waals surface area (Å²) in [6.45, 7) is 33.8. The van der Waals surface area contributed by atoms with Crippen LogP contribution in [0.1, 0.15) is 119 Å². The highest BCUT2D eigenvalue weighted by Gasteiger charge is 2.22. The lowest BCUT2D eigenvalue weighted by molar-refractivity contribution is 0.200. The van der Waals surface area contributed by atoms with E-state index in [1.807, 2.05) is 62.3 Å². The molecule has 0 fully saturated rings. The number of nitrogens with zero attached hydrogens (tertiary/aromatic N) is 8. The maximum absolute atomic E-state index is 5.82. The van der Waals surface area contributed by atoms with Gasteiger partial charge < -0.3 is 5.32 Å².